The highest BCUT2D eigenvalue weighted by molar-refractivity contribution is 5.97. The first-order valence-electron chi connectivity index (χ1n) is 10.6. The van der Waals surface area contributed by atoms with Crippen LogP contribution >= 0.6 is 0 Å². The molecule has 1 aromatic carbocycles. The largest absolute Gasteiger partial charge is 0.336 e. The number of hydrogen-bond acceptors (Lipinski definition) is 5. The molecule has 4 rings (SSSR count). The van der Waals surface area contributed by atoms with Crippen LogP contribution in [0.2, 0.25) is 0 Å². The van der Waals surface area contributed by atoms with E-state index in [4.69, 9.17) is 5.73 Å². The van der Waals surface area contributed by atoms with Crippen LogP contribution in [0.25, 0.3) is 0 Å². The smallest absolute Gasteiger partial charge is 0.253 e. The van der Waals surface area contributed by atoms with Crippen molar-refractivity contribution in [3.63, 3.8) is 0 Å². The van der Waals surface area contributed by atoms with Gasteiger partial charge in [-0.15, -0.1) is 0 Å². The number of carbonyl (C=O) groups is 2. The summed E-state index contributed by atoms with van der Waals surface area (Å²) in [5.74, 6) is 1.04. The van der Waals surface area contributed by atoms with E-state index in [1.165, 1.54) is 0 Å². The van der Waals surface area contributed by atoms with E-state index in [-0.39, 0.29) is 17.9 Å². The molecular formula is C22H30N6O2. The van der Waals surface area contributed by atoms with E-state index >= 15 is 0 Å². The van der Waals surface area contributed by atoms with Gasteiger partial charge in [0.2, 0.25) is 5.91 Å². The minimum absolute atomic E-state index is 0.0418. The molecule has 1 atom stereocenters. The molecule has 8 heteroatoms. The predicted octanol–water partition coefficient (Wildman–Crippen LogP) is 1.14. The molecule has 3 heterocycles. The molecule has 0 bridgehead atoms. The molecule has 2 aromatic rings. The quantitative estimate of drug-likeness (QED) is 0.817. The third-order valence-corrected chi connectivity index (χ3v) is 6.14. The Hall–Kier alpha value is -2.71. The van der Waals surface area contributed by atoms with Crippen molar-refractivity contribution in [1.82, 2.24) is 19.6 Å². The Bertz CT molecular complexity index is 914. The van der Waals surface area contributed by atoms with Gasteiger partial charge in [-0.05, 0) is 37.5 Å². The van der Waals surface area contributed by atoms with Gasteiger partial charge in [-0.2, -0.15) is 5.10 Å². The van der Waals surface area contributed by atoms with Crippen molar-refractivity contribution >= 4 is 17.6 Å². The number of piperazine rings is 1. The molecule has 0 aliphatic carbocycles. The third kappa shape index (κ3) is 3.97. The predicted molar refractivity (Wildman–Crippen MR) is 115 cm³/mol. The molecule has 2 aliphatic heterocycles. The number of nitrogens with zero attached hydrogens (tertiary/aromatic N) is 5. The Morgan fingerprint density at radius 1 is 1.13 bits per heavy atom. The number of rotatable bonds is 4. The molecule has 30 heavy (non-hydrogen) atoms. The summed E-state index contributed by atoms with van der Waals surface area (Å²) in [5, 5.41) is 4.39. The second kappa shape index (κ2) is 8.57. The zero-order valence-corrected chi connectivity index (χ0v) is 17.8. The summed E-state index contributed by atoms with van der Waals surface area (Å²) in [7, 11) is 1.88. The number of hydrogen-bond donors (Lipinski definition) is 1. The maximum absolute atomic E-state index is 13.2. The van der Waals surface area contributed by atoms with Gasteiger partial charge < -0.3 is 10.6 Å². The zero-order chi connectivity index (χ0) is 21.3. The molecule has 2 aliphatic rings. The molecule has 160 valence electrons. The van der Waals surface area contributed by atoms with Crippen LogP contribution in [0.5, 0.6) is 0 Å². The number of piperidine rings is 1. The van der Waals surface area contributed by atoms with Crippen LogP contribution < -0.4 is 10.6 Å². The Balaban J connectivity index is 1.39. The van der Waals surface area contributed by atoms with Crippen LogP contribution in [0.1, 0.15) is 34.5 Å². The minimum atomic E-state index is -0.130. The summed E-state index contributed by atoms with van der Waals surface area (Å²) in [5.41, 5.74) is 8.25. The highest BCUT2D eigenvalue weighted by atomic mass is 16.2. The third-order valence-electron chi connectivity index (χ3n) is 6.14. The van der Waals surface area contributed by atoms with Crippen molar-refractivity contribution in [2.75, 3.05) is 37.6 Å². The number of carbonyl (C=O) groups excluding carboxylic acids is 2. The fraction of sp³-hybridized carbons (Fsp3) is 0.500. The van der Waals surface area contributed by atoms with Crippen molar-refractivity contribution in [2.45, 2.75) is 32.4 Å². The summed E-state index contributed by atoms with van der Waals surface area (Å²) in [6.07, 6.45) is 1.83. The summed E-state index contributed by atoms with van der Waals surface area (Å²) in [6.45, 7) is 5.82. The number of anilines is 1. The molecule has 2 fully saturated rings. The van der Waals surface area contributed by atoms with Gasteiger partial charge in [-0.3, -0.25) is 24.1 Å². The number of aromatic nitrogens is 2. The lowest BCUT2D eigenvalue weighted by Crippen LogP contribution is -2.58. The van der Waals surface area contributed by atoms with Gasteiger partial charge in [0, 0.05) is 57.9 Å². The highest BCUT2D eigenvalue weighted by Gasteiger charge is 2.37. The minimum Gasteiger partial charge on any atom is -0.336 e. The number of aryl methyl sites for hydroxylation is 2. The van der Waals surface area contributed by atoms with E-state index in [1.54, 1.807) is 4.68 Å². The van der Waals surface area contributed by atoms with Crippen molar-refractivity contribution in [3.05, 3.63) is 47.2 Å². The Morgan fingerprint density at radius 3 is 2.43 bits per heavy atom. The molecule has 2 amide bonds. The van der Waals surface area contributed by atoms with E-state index in [2.05, 4.69) is 10.00 Å². The molecule has 8 nitrogen and oxygen atoms in total. The fourth-order valence-corrected chi connectivity index (χ4v) is 4.47. The summed E-state index contributed by atoms with van der Waals surface area (Å²) < 4.78 is 1.78. The second-order valence-electron chi connectivity index (χ2n) is 8.14. The molecule has 0 spiro atoms. The Kier molecular flexibility index (Phi) is 5.87. The van der Waals surface area contributed by atoms with Gasteiger partial charge in [0.1, 0.15) is 5.82 Å². The SMILES string of the molecule is Cc1cc(N2CCCC(N3CCN(C(=O)c4ccc(CN)cc4)CC3)C2=O)n(C)n1. The van der Waals surface area contributed by atoms with Gasteiger partial charge >= 0.3 is 0 Å². The second-order valence-corrected chi connectivity index (χ2v) is 8.14. The summed E-state index contributed by atoms with van der Waals surface area (Å²) in [6, 6.07) is 9.32. The summed E-state index contributed by atoms with van der Waals surface area (Å²) in [4.78, 5) is 32.0. The lowest BCUT2D eigenvalue weighted by atomic mass is 10.0. The van der Waals surface area contributed by atoms with Crippen molar-refractivity contribution in [3.8, 4) is 0 Å². The topological polar surface area (TPSA) is 87.7 Å². The average Bonchev–Trinajstić information content (AvgIpc) is 3.11. The highest BCUT2D eigenvalue weighted by Crippen LogP contribution is 2.25. The Morgan fingerprint density at radius 2 is 1.83 bits per heavy atom. The van der Waals surface area contributed by atoms with Crippen molar-refractivity contribution in [2.24, 2.45) is 12.8 Å². The first kappa shape index (κ1) is 20.6. The van der Waals surface area contributed by atoms with Crippen LogP contribution in [-0.4, -0.2) is 70.2 Å². The number of benzene rings is 1. The number of amides is 2. The lowest BCUT2D eigenvalue weighted by Gasteiger charge is -2.42. The van der Waals surface area contributed by atoms with Gasteiger partial charge in [-0.25, -0.2) is 0 Å². The summed E-state index contributed by atoms with van der Waals surface area (Å²) >= 11 is 0. The fourth-order valence-electron chi connectivity index (χ4n) is 4.47. The van der Waals surface area contributed by atoms with Gasteiger partial charge in [0.05, 0.1) is 11.7 Å². The van der Waals surface area contributed by atoms with E-state index < -0.39 is 0 Å². The van der Waals surface area contributed by atoms with E-state index in [9.17, 15) is 9.59 Å². The van der Waals surface area contributed by atoms with Gasteiger partial charge in [-0.1, -0.05) is 12.1 Å². The molecule has 0 saturated carbocycles. The van der Waals surface area contributed by atoms with Crippen molar-refractivity contribution < 1.29 is 9.59 Å². The van der Waals surface area contributed by atoms with Crippen LogP contribution in [0.15, 0.2) is 30.3 Å². The lowest BCUT2D eigenvalue weighted by molar-refractivity contribution is -0.126. The standard InChI is InChI=1S/C22H30N6O2/c1-16-14-20(25(2)24-16)28-9-3-4-19(22(28)30)26-10-12-27(13-11-26)21(29)18-7-5-17(15-23)6-8-18/h5-8,14,19H,3-4,9-13,15,23H2,1-2H3. The molecule has 2 saturated heterocycles. The monoisotopic (exact) mass is 410 g/mol. The van der Waals surface area contributed by atoms with Crippen LogP contribution in [0.4, 0.5) is 5.82 Å². The van der Waals surface area contributed by atoms with E-state index in [0.29, 0.717) is 38.3 Å². The van der Waals surface area contributed by atoms with E-state index in [0.717, 1.165) is 36.5 Å². The Labute approximate surface area is 177 Å². The maximum atomic E-state index is 13.2. The normalized spacial score (nSPS) is 20.6. The molecule has 2 N–H and O–H groups in total. The molecule has 1 aromatic heterocycles. The first-order valence-corrected chi connectivity index (χ1v) is 10.6. The van der Waals surface area contributed by atoms with Crippen LogP contribution in [0.3, 0.4) is 0 Å². The van der Waals surface area contributed by atoms with E-state index in [1.807, 2.05) is 54.1 Å². The van der Waals surface area contributed by atoms with Gasteiger partial charge in [0.15, 0.2) is 0 Å². The first-order chi connectivity index (χ1) is 14.5. The maximum Gasteiger partial charge on any atom is 0.253 e. The van der Waals surface area contributed by atoms with Crippen LogP contribution in [-0.2, 0) is 18.4 Å². The van der Waals surface area contributed by atoms with Crippen molar-refractivity contribution in [1.29, 1.82) is 0 Å². The molecule has 0 radical (unpaired) electrons. The molecule has 1 unspecified atom stereocenters. The zero-order valence-electron chi connectivity index (χ0n) is 17.8. The molecular weight excluding hydrogens is 380 g/mol. The number of nitrogens with two attached hydrogens (primary N) is 1. The van der Waals surface area contributed by atoms with Gasteiger partial charge in [0.25, 0.3) is 5.91 Å². The average molecular weight is 411 g/mol. The van der Waals surface area contributed by atoms with Crippen LogP contribution in [0, 0.1) is 6.92 Å².